The third-order valence-electron chi connectivity index (χ3n) is 4.28. The molecule has 0 spiro atoms. The second-order valence-corrected chi connectivity index (χ2v) is 6.30. The van der Waals surface area contributed by atoms with E-state index >= 15 is 0 Å². The maximum absolute atomic E-state index is 5.90. The van der Waals surface area contributed by atoms with Crippen LogP contribution in [0.5, 0.6) is 5.75 Å². The zero-order valence-electron chi connectivity index (χ0n) is 13.1. The highest BCUT2D eigenvalue weighted by molar-refractivity contribution is 5.86. The summed E-state index contributed by atoms with van der Waals surface area (Å²) in [4.78, 5) is 0. The van der Waals surface area contributed by atoms with Crippen molar-refractivity contribution < 1.29 is 4.74 Å². The second kappa shape index (κ2) is 6.52. The summed E-state index contributed by atoms with van der Waals surface area (Å²) in [6, 6.07) is 9.23. The smallest absolute Gasteiger partial charge is 0.129 e. The van der Waals surface area contributed by atoms with Gasteiger partial charge in [0, 0.05) is 30.7 Å². The molecule has 21 heavy (non-hydrogen) atoms. The van der Waals surface area contributed by atoms with Crippen molar-refractivity contribution in [2.24, 2.45) is 0 Å². The van der Waals surface area contributed by atoms with Gasteiger partial charge in [0.05, 0.1) is 11.6 Å². The summed E-state index contributed by atoms with van der Waals surface area (Å²) < 4.78 is 8.22. The molecule has 3 rings (SSSR count). The Kier molecular flexibility index (Phi) is 4.49. The number of benzene rings is 1. The minimum absolute atomic E-state index is 0.211. The van der Waals surface area contributed by atoms with Gasteiger partial charge < -0.3 is 14.6 Å². The van der Waals surface area contributed by atoms with E-state index in [-0.39, 0.29) is 6.10 Å². The van der Waals surface area contributed by atoms with E-state index in [1.54, 1.807) is 0 Å². The van der Waals surface area contributed by atoms with Crippen LogP contribution in [0.1, 0.15) is 39.5 Å². The van der Waals surface area contributed by atoms with E-state index in [1.807, 2.05) is 0 Å². The highest BCUT2D eigenvalue weighted by Crippen LogP contribution is 2.27. The summed E-state index contributed by atoms with van der Waals surface area (Å²) in [6.07, 6.45) is 7.86. The molecule has 1 saturated carbocycles. The summed E-state index contributed by atoms with van der Waals surface area (Å²) in [7, 11) is 0. The van der Waals surface area contributed by atoms with Crippen molar-refractivity contribution in [2.45, 2.75) is 58.2 Å². The molecule has 3 heteroatoms. The van der Waals surface area contributed by atoms with E-state index in [4.69, 9.17) is 4.74 Å². The van der Waals surface area contributed by atoms with Gasteiger partial charge in [-0.1, -0.05) is 18.9 Å². The number of hydrogen-bond donors (Lipinski definition) is 1. The van der Waals surface area contributed by atoms with Crippen LogP contribution >= 0.6 is 0 Å². The molecule has 1 N–H and O–H groups in total. The standard InChI is InChI=1S/C18H26N2O/c1-14(2)21-18-9-5-8-17-16(18)10-12-20(17)13-11-19-15-6-3-4-7-15/h5,8-10,12,14-15,19H,3-4,6-7,11,13H2,1-2H3. The molecule has 1 aromatic heterocycles. The predicted octanol–water partition coefficient (Wildman–Crippen LogP) is 3.96. The Labute approximate surface area is 127 Å². The Hall–Kier alpha value is -1.48. The average molecular weight is 286 g/mol. The van der Waals surface area contributed by atoms with E-state index < -0.39 is 0 Å². The number of nitrogens with zero attached hydrogens (tertiary/aromatic N) is 1. The maximum Gasteiger partial charge on any atom is 0.129 e. The lowest BCUT2D eigenvalue weighted by Crippen LogP contribution is -2.29. The number of aromatic nitrogens is 1. The van der Waals surface area contributed by atoms with Crippen molar-refractivity contribution in [3.8, 4) is 5.75 Å². The van der Waals surface area contributed by atoms with Crippen molar-refractivity contribution in [3.63, 3.8) is 0 Å². The molecular formula is C18H26N2O. The zero-order valence-corrected chi connectivity index (χ0v) is 13.1. The van der Waals surface area contributed by atoms with Crippen LogP contribution in [-0.4, -0.2) is 23.3 Å². The molecule has 1 aliphatic rings. The third-order valence-corrected chi connectivity index (χ3v) is 4.28. The number of rotatable bonds is 6. The molecule has 0 amide bonds. The van der Waals surface area contributed by atoms with Crippen LogP contribution in [0.15, 0.2) is 30.5 Å². The van der Waals surface area contributed by atoms with Gasteiger partial charge in [-0.05, 0) is 44.9 Å². The van der Waals surface area contributed by atoms with Crippen LogP contribution in [-0.2, 0) is 6.54 Å². The van der Waals surface area contributed by atoms with Crippen LogP contribution < -0.4 is 10.1 Å². The number of nitrogens with one attached hydrogen (secondary N) is 1. The predicted molar refractivity (Wildman–Crippen MR) is 88.0 cm³/mol. The normalized spacial score (nSPS) is 16.1. The fourth-order valence-corrected chi connectivity index (χ4v) is 3.27. The molecule has 1 fully saturated rings. The SMILES string of the molecule is CC(C)Oc1cccc2c1ccn2CCNC1CCCC1. The van der Waals surface area contributed by atoms with Crippen molar-refractivity contribution in [2.75, 3.05) is 6.54 Å². The van der Waals surface area contributed by atoms with E-state index in [0.717, 1.165) is 24.9 Å². The van der Waals surface area contributed by atoms with Crippen LogP contribution in [0.25, 0.3) is 10.9 Å². The minimum Gasteiger partial charge on any atom is -0.490 e. The first-order valence-corrected chi connectivity index (χ1v) is 8.22. The highest BCUT2D eigenvalue weighted by atomic mass is 16.5. The maximum atomic E-state index is 5.90. The topological polar surface area (TPSA) is 26.2 Å². The first kappa shape index (κ1) is 14.5. The lowest BCUT2D eigenvalue weighted by atomic mass is 10.2. The first-order chi connectivity index (χ1) is 10.2. The van der Waals surface area contributed by atoms with E-state index in [0.29, 0.717) is 0 Å². The summed E-state index contributed by atoms with van der Waals surface area (Å²) in [5.41, 5.74) is 1.27. The molecule has 0 bridgehead atoms. The molecule has 0 aliphatic heterocycles. The van der Waals surface area contributed by atoms with Gasteiger partial charge in [0.1, 0.15) is 5.75 Å². The average Bonchev–Trinajstić information content (AvgIpc) is 3.09. The van der Waals surface area contributed by atoms with Crippen molar-refractivity contribution >= 4 is 10.9 Å². The Morgan fingerprint density at radius 1 is 1.24 bits per heavy atom. The quantitative estimate of drug-likeness (QED) is 0.870. The molecule has 0 radical (unpaired) electrons. The molecule has 0 saturated heterocycles. The third kappa shape index (κ3) is 3.41. The minimum atomic E-state index is 0.211. The van der Waals surface area contributed by atoms with Gasteiger partial charge >= 0.3 is 0 Å². The molecule has 3 nitrogen and oxygen atoms in total. The Morgan fingerprint density at radius 2 is 2.05 bits per heavy atom. The number of hydrogen-bond acceptors (Lipinski definition) is 2. The summed E-state index contributed by atoms with van der Waals surface area (Å²) in [6.45, 7) is 6.21. The molecule has 1 aliphatic carbocycles. The lowest BCUT2D eigenvalue weighted by molar-refractivity contribution is 0.245. The molecule has 1 aromatic carbocycles. The van der Waals surface area contributed by atoms with Gasteiger partial charge in [-0.2, -0.15) is 0 Å². The summed E-state index contributed by atoms with van der Waals surface area (Å²) in [5, 5.41) is 4.89. The fraction of sp³-hybridized carbons (Fsp3) is 0.556. The van der Waals surface area contributed by atoms with Gasteiger partial charge in [-0.3, -0.25) is 0 Å². The van der Waals surface area contributed by atoms with Crippen LogP contribution in [0.4, 0.5) is 0 Å². The van der Waals surface area contributed by atoms with Gasteiger partial charge in [-0.25, -0.2) is 0 Å². The van der Waals surface area contributed by atoms with Crippen LogP contribution in [0.2, 0.25) is 0 Å². The molecule has 2 aromatic rings. The van der Waals surface area contributed by atoms with Gasteiger partial charge in [0.2, 0.25) is 0 Å². The number of ether oxygens (including phenoxy) is 1. The Bertz CT molecular complexity index is 582. The monoisotopic (exact) mass is 286 g/mol. The Balaban J connectivity index is 1.68. The highest BCUT2D eigenvalue weighted by Gasteiger charge is 2.14. The van der Waals surface area contributed by atoms with Crippen molar-refractivity contribution in [1.29, 1.82) is 0 Å². The zero-order chi connectivity index (χ0) is 14.7. The number of fused-ring (bicyclic) bond motifs is 1. The molecular weight excluding hydrogens is 260 g/mol. The van der Waals surface area contributed by atoms with Crippen molar-refractivity contribution in [3.05, 3.63) is 30.5 Å². The second-order valence-electron chi connectivity index (χ2n) is 6.30. The molecule has 1 heterocycles. The van der Waals surface area contributed by atoms with Gasteiger partial charge in [0.15, 0.2) is 0 Å². The first-order valence-electron chi connectivity index (χ1n) is 8.22. The molecule has 114 valence electrons. The largest absolute Gasteiger partial charge is 0.490 e. The van der Waals surface area contributed by atoms with E-state index in [9.17, 15) is 0 Å². The molecule has 0 unspecified atom stereocenters. The molecule has 0 atom stereocenters. The summed E-state index contributed by atoms with van der Waals surface area (Å²) in [5.74, 6) is 0.991. The van der Waals surface area contributed by atoms with Crippen LogP contribution in [0, 0.1) is 0 Å². The van der Waals surface area contributed by atoms with Gasteiger partial charge in [-0.15, -0.1) is 0 Å². The summed E-state index contributed by atoms with van der Waals surface area (Å²) >= 11 is 0. The van der Waals surface area contributed by atoms with E-state index in [2.05, 4.69) is 54.2 Å². The Morgan fingerprint density at radius 3 is 2.81 bits per heavy atom. The lowest BCUT2D eigenvalue weighted by Gasteiger charge is -2.13. The van der Waals surface area contributed by atoms with Crippen molar-refractivity contribution in [1.82, 2.24) is 9.88 Å². The van der Waals surface area contributed by atoms with Crippen LogP contribution in [0.3, 0.4) is 0 Å². The fourth-order valence-electron chi connectivity index (χ4n) is 3.27. The van der Waals surface area contributed by atoms with E-state index in [1.165, 1.54) is 36.6 Å². The van der Waals surface area contributed by atoms with Gasteiger partial charge in [0.25, 0.3) is 0 Å².